The van der Waals surface area contributed by atoms with Crippen molar-refractivity contribution >= 4 is 0 Å². The highest BCUT2D eigenvalue weighted by molar-refractivity contribution is 4.98. The number of rotatable bonds is 2. The first kappa shape index (κ1) is 8.75. The molecule has 0 saturated carbocycles. The van der Waals surface area contributed by atoms with Crippen LogP contribution in [0.1, 0.15) is 26.7 Å². The quantitative estimate of drug-likeness (QED) is 0.614. The molecule has 0 bridgehead atoms. The van der Waals surface area contributed by atoms with E-state index in [4.69, 9.17) is 4.74 Å². The van der Waals surface area contributed by atoms with E-state index in [2.05, 4.69) is 6.08 Å². The monoisotopic (exact) mass is 156 g/mol. The number of hydrogen-bond acceptors (Lipinski definition) is 2. The zero-order chi connectivity index (χ0) is 8.27. The Morgan fingerprint density at radius 1 is 1.55 bits per heavy atom. The van der Waals surface area contributed by atoms with Gasteiger partial charge >= 0.3 is 0 Å². The van der Waals surface area contributed by atoms with Crippen molar-refractivity contribution in [1.82, 2.24) is 0 Å². The van der Waals surface area contributed by atoms with E-state index < -0.39 is 0 Å². The molecule has 0 spiro atoms. The SMILES string of the molecule is CC(C)O[C@@H]1C=CCC[C@H]1O. The summed E-state index contributed by atoms with van der Waals surface area (Å²) in [5.41, 5.74) is 0. The molecule has 0 aromatic rings. The average Bonchev–Trinajstić information content (AvgIpc) is 1.93. The lowest BCUT2D eigenvalue weighted by atomic mass is 10.0. The van der Waals surface area contributed by atoms with Crippen LogP contribution in [0.25, 0.3) is 0 Å². The lowest BCUT2D eigenvalue weighted by molar-refractivity contribution is -0.0445. The Hall–Kier alpha value is -0.340. The first-order valence-corrected chi connectivity index (χ1v) is 4.20. The molecule has 2 heteroatoms. The van der Waals surface area contributed by atoms with E-state index in [-0.39, 0.29) is 18.3 Å². The second-order valence-corrected chi connectivity index (χ2v) is 3.22. The number of hydrogen-bond donors (Lipinski definition) is 1. The van der Waals surface area contributed by atoms with Crippen molar-refractivity contribution in [2.75, 3.05) is 0 Å². The lowest BCUT2D eigenvalue weighted by Gasteiger charge is -2.25. The fourth-order valence-corrected chi connectivity index (χ4v) is 1.24. The molecule has 0 radical (unpaired) electrons. The standard InChI is InChI=1S/C9H16O2/c1-7(2)11-9-6-4-3-5-8(9)10/h4,6-10H,3,5H2,1-2H3/t8-,9-/m1/s1. The van der Waals surface area contributed by atoms with Crippen molar-refractivity contribution < 1.29 is 9.84 Å². The molecule has 0 fully saturated rings. The molecule has 64 valence electrons. The van der Waals surface area contributed by atoms with Crippen LogP contribution in [0, 0.1) is 0 Å². The minimum Gasteiger partial charge on any atom is -0.390 e. The molecule has 0 amide bonds. The maximum absolute atomic E-state index is 9.44. The van der Waals surface area contributed by atoms with Crippen LogP contribution < -0.4 is 0 Å². The summed E-state index contributed by atoms with van der Waals surface area (Å²) in [6.07, 6.45) is 5.63. The van der Waals surface area contributed by atoms with E-state index in [0.29, 0.717) is 0 Å². The molecule has 1 aliphatic carbocycles. The fraction of sp³-hybridized carbons (Fsp3) is 0.778. The summed E-state index contributed by atoms with van der Waals surface area (Å²) in [4.78, 5) is 0. The molecular formula is C9H16O2. The molecule has 0 aliphatic heterocycles. The van der Waals surface area contributed by atoms with Gasteiger partial charge in [0.05, 0.1) is 12.2 Å². The Labute approximate surface area is 67.9 Å². The highest BCUT2D eigenvalue weighted by Gasteiger charge is 2.20. The van der Waals surface area contributed by atoms with Crippen LogP contribution in [0.4, 0.5) is 0 Å². The first-order chi connectivity index (χ1) is 5.20. The number of aliphatic hydroxyl groups excluding tert-OH is 1. The van der Waals surface area contributed by atoms with Gasteiger partial charge in [0.15, 0.2) is 0 Å². The van der Waals surface area contributed by atoms with Crippen LogP contribution >= 0.6 is 0 Å². The minimum atomic E-state index is -0.303. The summed E-state index contributed by atoms with van der Waals surface area (Å²) in [5.74, 6) is 0. The summed E-state index contributed by atoms with van der Waals surface area (Å²) in [6, 6.07) is 0. The van der Waals surface area contributed by atoms with Gasteiger partial charge in [0.25, 0.3) is 0 Å². The van der Waals surface area contributed by atoms with Crippen molar-refractivity contribution in [2.45, 2.75) is 45.0 Å². The molecule has 1 N–H and O–H groups in total. The van der Waals surface area contributed by atoms with Crippen LogP contribution in [0.2, 0.25) is 0 Å². The normalized spacial score (nSPS) is 31.3. The van der Waals surface area contributed by atoms with Gasteiger partial charge in [-0.2, -0.15) is 0 Å². The highest BCUT2D eigenvalue weighted by atomic mass is 16.5. The van der Waals surface area contributed by atoms with E-state index in [9.17, 15) is 5.11 Å². The lowest BCUT2D eigenvalue weighted by Crippen LogP contribution is -2.31. The molecule has 11 heavy (non-hydrogen) atoms. The fourth-order valence-electron chi connectivity index (χ4n) is 1.24. The Morgan fingerprint density at radius 3 is 2.82 bits per heavy atom. The maximum atomic E-state index is 9.44. The van der Waals surface area contributed by atoms with Gasteiger partial charge in [0, 0.05) is 0 Å². The summed E-state index contributed by atoms with van der Waals surface area (Å²) in [6.45, 7) is 3.96. The van der Waals surface area contributed by atoms with E-state index in [1.54, 1.807) is 0 Å². The van der Waals surface area contributed by atoms with Gasteiger partial charge in [-0.25, -0.2) is 0 Å². The third kappa shape index (κ3) is 2.64. The van der Waals surface area contributed by atoms with Crippen LogP contribution in [-0.4, -0.2) is 23.4 Å². The Morgan fingerprint density at radius 2 is 2.27 bits per heavy atom. The summed E-state index contributed by atoms with van der Waals surface area (Å²) >= 11 is 0. The second-order valence-electron chi connectivity index (χ2n) is 3.22. The maximum Gasteiger partial charge on any atom is 0.102 e. The number of aliphatic hydroxyl groups is 1. The largest absolute Gasteiger partial charge is 0.390 e. The molecule has 0 heterocycles. The second kappa shape index (κ2) is 3.88. The Bertz CT molecular complexity index is 140. The van der Waals surface area contributed by atoms with Crippen molar-refractivity contribution in [3.63, 3.8) is 0 Å². The van der Waals surface area contributed by atoms with Gasteiger partial charge in [-0.15, -0.1) is 0 Å². The molecule has 1 aliphatic rings. The van der Waals surface area contributed by atoms with Crippen molar-refractivity contribution in [3.8, 4) is 0 Å². The minimum absolute atomic E-state index is 0.0799. The topological polar surface area (TPSA) is 29.5 Å². The predicted molar refractivity (Wildman–Crippen MR) is 44.4 cm³/mol. The predicted octanol–water partition coefficient (Wildman–Crippen LogP) is 1.49. The molecular weight excluding hydrogens is 140 g/mol. The molecule has 0 saturated heterocycles. The average molecular weight is 156 g/mol. The van der Waals surface area contributed by atoms with Gasteiger partial charge in [0.1, 0.15) is 6.10 Å². The molecule has 0 aromatic heterocycles. The van der Waals surface area contributed by atoms with Gasteiger partial charge in [-0.1, -0.05) is 12.2 Å². The first-order valence-electron chi connectivity index (χ1n) is 4.20. The van der Waals surface area contributed by atoms with Crippen LogP contribution in [-0.2, 0) is 4.74 Å². The number of ether oxygens (including phenoxy) is 1. The van der Waals surface area contributed by atoms with E-state index in [1.807, 2.05) is 19.9 Å². The van der Waals surface area contributed by atoms with Crippen molar-refractivity contribution in [3.05, 3.63) is 12.2 Å². The van der Waals surface area contributed by atoms with Crippen LogP contribution in [0.3, 0.4) is 0 Å². The molecule has 2 atom stereocenters. The smallest absolute Gasteiger partial charge is 0.102 e. The van der Waals surface area contributed by atoms with E-state index in [0.717, 1.165) is 12.8 Å². The van der Waals surface area contributed by atoms with Crippen molar-refractivity contribution in [1.29, 1.82) is 0 Å². The van der Waals surface area contributed by atoms with Crippen LogP contribution in [0.15, 0.2) is 12.2 Å². The third-order valence-corrected chi connectivity index (χ3v) is 1.76. The van der Waals surface area contributed by atoms with Crippen molar-refractivity contribution in [2.24, 2.45) is 0 Å². The zero-order valence-electron chi connectivity index (χ0n) is 7.16. The third-order valence-electron chi connectivity index (χ3n) is 1.76. The number of allylic oxidation sites excluding steroid dienone is 1. The highest BCUT2D eigenvalue weighted by Crippen LogP contribution is 2.15. The molecule has 0 unspecified atom stereocenters. The summed E-state index contributed by atoms with van der Waals surface area (Å²) in [7, 11) is 0. The van der Waals surface area contributed by atoms with Crippen LogP contribution in [0.5, 0.6) is 0 Å². The van der Waals surface area contributed by atoms with E-state index >= 15 is 0 Å². The van der Waals surface area contributed by atoms with E-state index in [1.165, 1.54) is 0 Å². The van der Waals surface area contributed by atoms with Gasteiger partial charge < -0.3 is 9.84 Å². The Balaban J connectivity index is 2.41. The van der Waals surface area contributed by atoms with Gasteiger partial charge in [0.2, 0.25) is 0 Å². The summed E-state index contributed by atoms with van der Waals surface area (Å²) in [5, 5.41) is 9.44. The Kier molecular flexibility index (Phi) is 3.09. The van der Waals surface area contributed by atoms with Gasteiger partial charge in [-0.05, 0) is 26.7 Å². The summed E-state index contributed by atoms with van der Waals surface area (Å²) < 4.78 is 5.47. The van der Waals surface area contributed by atoms with Gasteiger partial charge in [-0.3, -0.25) is 0 Å². The zero-order valence-corrected chi connectivity index (χ0v) is 7.16. The molecule has 1 rings (SSSR count). The molecule has 0 aromatic carbocycles. The molecule has 2 nitrogen and oxygen atoms in total.